The number of hydrogen-bond acceptors (Lipinski definition) is 4. The van der Waals surface area contributed by atoms with Crippen LogP contribution in [0.15, 0.2) is 31.1 Å². The lowest BCUT2D eigenvalue weighted by molar-refractivity contribution is -0.128. The smallest absolute Gasteiger partial charge is 0.335 e. The van der Waals surface area contributed by atoms with Crippen molar-refractivity contribution in [2.75, 3.05) is 0 Å². The Labute approximate surface area is 69.1 Å². The molecule has 12 heavy (non-hydrogen) atoms. The fourth-order valence-electron chi connectivity index (χ4n) is 0.621. The zero-order valence-corrected chi connectivity index (χ0v) is 6.23. The number of carbonyl (C=O) groups excluding carboxylic acids is 1. The third-order valence-electron chi connectivity index (χ3n) is 1.08. The molecule has 0 fully saturated rings. The van der Waals surface area contributed by atoms with Gasteiger partial charge in [-0.1, -0.05) is 6.58 Å². The number of rotatable bonds is 2. The highest BCUT2D eigenvalue weighted by molar-refractivity contribution is 5.83. The topological polar surface area (TPSA) is 59.4 Å². The molecule has 4 nitrogen and oxygen atoms in total. The Kier molecular flexibility index (Phi) is 2.42. The van der Waals surface area contributed by atoms with Gasteiger partial charge in [0.05, 0.1) is 12.4 Å². The van der Waals surface area contributed by atoms with E-state index in [2.05, 4.69) is 16.3 Å². The summed E-state index contributed by atoms with van der Waals surface area (Å²) in [6.07, 6.45) is 3.59. The molecule has 1 rings (SSSR count). The Morgan fingerprint density at radius 1 is 1.67 bits per heavy atom. The van der Waals surface area contributed by atoms with E-state index >= 15 is 0 Å². The number of pyridine rings is 1. The van der Waals surface area contributed by atoms with Gasteiger partial charge in [0.1, 0.15) is 5.75 Å². The van der Waals surface area contributed by atoms with E-state index in [0.717, 1.165) is 6.08 Å². The van der Waals surface area contributed by atoms with E-state index in [1.165, 1.54) is 18.5 Å². The fraction of sp³-hybridized carbons (Fsp3) is 0. The minimum absolute atomic E-state index is 0.0515. The van der Waals surface area contributed by atoms with Crippen LogP contribution in [0.5, 0.6) is 11.5 Å². The minimum Gasteiger partial charge on any atom is -0.506 e. The molecule has 0 saturated heterocycles. The van der Waals surface area contributed by atoms with E-state index in [-0.39, 0.29) is 11.5 Å². The Morgan fingerprint density at radius 3 is 3.00 bits per heavy atom. The van der Waals surface area contributed by atoms with Crippen molar-refractivity contribution in [2.24, 2.45) is 0 Å². The Hall–Kier alpha value is -1.84. The van der Waals surface area contributed by atoms with E-state index < -0.39 is 5.97 Å². The minimum atomic E-state index is -0.581. The average Bonchev–Trinajstić information content (AvgIpc) is 2.04. The van der Waals surface area contributed by atoms with Gasteiger partial charge in [0.2, 0.25) is 0 Å². The summed E-state index contributed by atoms with van der Waals surface area (Å²) in [6, 6.07) is 1.29. The van der Waals surface area contributed by atoms with E-state index in [9.17, 15) is 4.79 Å². The highest BCUT2D eigenvalue weighted by atomic mass is 16.5. The van der Waals surface area contributed by atoms with Gasteiger partial charge in [-0.2, -0.15) is 0 Å². The SMILES string of the molecule is C=CC(=O)Oc1cncc(O)c1. The van der Waals surface area contributed by atoms with Crippen molar-refractivity contribution in [3.8, 4) is 11.5 Å². The molecule has 0 spiro atoms. The molecular weight excluding hydrogens is 158 g/mol. The van der Waals surface area contributed by atoms with E-state index in [4.69, 9.17) is 5.11 Å². The van der Waals surface area contributed by atoms with Crippen LogP contribution in [-0.2, 0) is 4.79 Å². The monoisotopic (exact) mass is 165 g/mol. The maximum Gasteiger partial charge on any atom is 0.335 e. The van der Waals surface area contributed by atoms with Crippen molar-refractivity contribution >= 4 is 5.97 Å². The first-order chi connectivity index (χ1) is 5.72. The molecule has 62 valence electrons. The molecule has 0 aliphatic rings. The lowest BCUT2D eigenvalue weighted by Crippen LogP contribution is -2.02. The number of esters is 1. The van der Waals surface area contributed by atoms with E-state index in [1.54, 1.807) is 0 Å². The van der Waals surface area contributed by atoms with E-state index in [1.807, 2.05) is 0 Å². The van der Waals surface area contributed by atoms with Crippen LogP contribution in [0.25, 0.3) is 0 Å². The first-order valence-corrected chi connectivity index (χ1v) is 3.20. The molecule has 0 unspecified atom stereocenters. The number of nitrogens with zero attached hydrogens (tertiary/aromatic N) is 1. The normalized spacial score (nSPS) is 9.00. The molecule has 1 N–H and O–H groups in total. The lowest BCUT2D eigenvalue weighted by Gasteiger charge is -1.99. The maximum atomic E-state index is 10.6. The summed E-state index contributed by atoms with van der Waals surface area (Å²) in [5, 5.41) is 8.92. The van der Waals surface area contributed by atoms with Gasteiger partial charge in [-0.15, -0.1) is 0 Å². The molecule has 1 heterocycles. The quantitative estimate of drug-likeness (QED) is 0.522. The summed E-state index contributed by atoms with van der Waals surface area (Å²) >= 11 is 0. The zero-order valence-electron chi connectivity index (χ0n) is 6.23. The Morgan fingerprint density at radius 2 is 2.42 bits per heavy atom. The van der Waals surface area contributed by atoms with Gasteiger partial charge in [0.15, 0.2) is 5.75 Å². The predicted molar refractivity (Wildman–Crippen MR) is 41.7 cm³/mol. The van der Waals surface area contributed by atoms with E-state index in [0.29, 0.717) is 0 Å². The molecule has 1 aromatic rings. The second kappa shape index (κ2) is 3.52. The van der Waals surface area contributed by atoms with Crippen molar-refractivity contribution in [2.45, 2.75) is 0 Å². The van der Waals surface area contributed by atoms with Crippen LogP contribution in [0.3, 0.4) is 0 Å². The largest absolute Gasteiger partial charge is 0.506 e. The van der Waals surface area contributed by atoms with Crippen molar-refractivity contribution in [3.05, 3.63) is 31.1 Å². The molecule has 0 atom stereocenters. The number of ether oxygens (including phenoxy) is 1. The number of aromatic hydroxyl groups is 1. The average molecular weight is 165 g/mol. The summed E-state index contributed by atoms with van der Waals surface area (Å²) in [6.45, 7) is 3.22. The molecular formula is C8H7NO3. The van der Waals surface area contributed by atoms with Gasteiger partial charge in [0.25, 0.3) is 0 Å². The molecule has 0 amide bonds. The third kappa shape index (κ3) is 2.09. The summed E-state index contributed by atoms with van der Waals surface area (Å²) in [7, 11) is 0. The maximum absolute atomic E-state index is 10.6. The van der Waals surface area contributed by atoms with Crippen LogP contribution in [0.4, 0.5) is 0 Å². The second-order valence-corrected chi connectivity index (χ2v) is 2.00. The molecule has 4 heteroatoms. The molecule has 0 aliphatic carbocycles. The van der Waals surface area contributed by atoms with Crippen LogP contribution in [0.2, 0.25) is 0 Å². The molecule has 0 saturated carbocycles. The van der Waals surface area contributed by atoms with Crippen molar-refractivity contribution in [3.63, 3.8) is 0 Å². The zero-order chi connectivity index (χ0) is 8.97. The van der Waals surface area contributed by atoms with Crippen LogP contribution in [0.1, 0.15) is 0 Å². The van der Waals surface area contributed by atoms with Crippen molar-refractivity contribution in [1.82, 2.24) is 4.98 Å². The summed E-state index contributed by atoms with van der Waals surface area (Å²) in [5.41, 5.74) is 0. The number of aromatic nitrogens is 1. The Bertz CT molecular complexity index is 309. The summed E-state index contributed by atoms with van der Waals surface area (Å²) in [4.78, 5) is 14.3. The first-order valence-electron chi connectivity index (χ1n) is 3.20. The molecule has 0 bridgehead atoms. The fourth-order valence-corrected chi connectivity index (χ4v) is 0.621. The van der Waals surface area contributed by atoms with Gasteiger partial charge in [-0.05, 0) is 0 Å². The van der Waals surface area contributed by atoms with Crippen molar-refractivity contribution in [1.29, 1.82) is 0 Å². The third-order valence-corrected chi connectivity index (χ3v) is 1.08. The molecule has 1 aromatic heterocycles. The van der Waals surface area contributed by atoms with Gasteiger partial charge in [-0.25, -0.2) is 4.79 Å². The predicted octanol–water partition coefficient (Wildman–Crippen LogP) is 0.879. The standard InChI is InChI=1S/C8H7NO3/c1-2-8(11)12-7-3-6(10)4-9-5-7/h2-5,10H,1H2. The molecule has 0 radical (unpaired) electrons. The Balaban J connectivity index is 2.76. The number of hydrogen-bond donors (Lipinski definition) is 1. The molecule has 0 aromatic carbocycles. The first kappa shape index (κ1) is 8.26. The van der Waals surface area contributed by atoms with Crippen LogP contribution >= 0.6 is 0 Å². The highest BCUT2D eigenvalue weighted by Gasteiger charge is 1.99. The lowest BCUT2D eigenvalue weighted by atomic mass is 10.4. The van der Waals surface area contributed by atoms with Gasteiger partial charge >= 0.3 is 5.97 Å². The highest BCUT2D eigenvalue weighted by Crippen LogP contribution is 2.15. The second-order valence-electron chi connectivity index (χ2n) is 2.00. The summed E-state index contributed by atoms with van der Waals surface area (Å²) in [5.74, 6) is -0.438. The van der Waals surface area contributed by atoms with Crippen LogP contribution in [-0.4, -0.2) is 16.1 Å². The summed E-state index contributed by atoms with van der Waals surface area (Å²) < 4.78 is 4.66. The van der Waals surface area contributed by atoms with Crippen molar-refractivity contribution < 1.29 is 14.6 Å². The van der Waals surface area contributed by atoms with Crippen LogP contribution in [0, 0.1) is 0 Å². The van der Waals surface area contributed by atoms with Gasteiger partial charge in [-0.3, -0.25) is 4.98 Å². The molecule has 0 aliphatic heterocycles. The van der Waals surface area contributed by atoms with Crippen LogP contribution < -0.4 is 4.74 Å². The van der Waals surface area contributed by atoms with Gasteiger partial charge < -0.3 is 9.84 Å². The van der Waals surface area contributed by atoms with Gasteiger partial charge in [0, 0.05) is 12.1 Å². The number of carbonyl (C=O) groups is 1.